The lowest BCUT2D eigenvalue weighted by atomic mass is 10.1. The first-order valence-electron chi connectivity index (χ1n) is 8.29. The number of carbonyl (C=O) groups excluding carboxylic acids is 1. The second-order valence-corrected chi connectivity index (χ2v) is 6.74. The third-order valence-electron chi connectivity index (χ3n) is 4.24. The van der Waals surface area contributed by atoms with Crippen molar-refractivity contribution in [2.75, 3.05) is 7.11 Å². The molecule has 0 fully saturated rings. The van der Waals surface area contributed by atoms with Gasteiger partial charge in [0.1, 0.15) is 11.6 Å². The third-order valence-corrected chi connectivity index (χ3v) is 4.99. The number of fused-ring (bicyclic) bond motifs is 1. The highest BCUT2D eigenvalue weighted by atomic mass is 32.1. The van der Waals surface area contributed by atoms with E-state index in [1.54, 1.807) is 25.3 Å². The Labute approximate surface area is 159 Å². The van der Waals surface area contributed by atoms with Crippen LogP contribution in [0.5, 0.6) is 5.75 Å². The van der Waals surface area contributed by atoms with Crippen molar-refractivity contribution in [3.63, 3.8) is 0 Å². The average molecular weight is 381 g/mol. The predicted octanol–water partition coefficient (Wildman–Crippen LogP) is 4.14. The van der Waals surface area contributed by atoms with Crippen molar-refractivity contribution in [2.24, 2.45) is 0 Å². The zero-order valence-electron chi connectivity index (χ0n) is 14.5. The van der Waals surface area contributed by atoms with Gasteiger partial charge in [-0.05, 0) is 30.3 Å². The van der Waals surface area contributed by atoms with Crippen molar-refractivity contribution in [3.05, 3.63) is 77.2 Å². The maximum Gasteiger partial charge on any atom is 0.272 e. The normalized spacial score (nSPS) is 10.9. The molecule has 1 amide bonds. The molecule has 0 saturated heterocycles. The first kappa shape index (κ1) is 17.2. The van der Waals surface area contributed by atoms with Crippen LogP contribution in [-0.4, -0.2) is 22.4 Å². The molecule has 0 radical (unpaired) electrons. The van der Waals surface area contributed by atoms with E-state index in [1.807, 2.05) is 40.2 Å². The molecule has 2 aromatic carbocycles. The predicted molar refractivity (Wildman–Crippen MR) is 103 cm³/mol. The van der Waals surface area contributed by atoms with Crippen molar-refractivity contribution in [1.29, 1.82) is 0 Å². The number of amides is 1. The van der Waals surface area contributed by atoms with E-state index in [4.69, 9.17) is 4.74 Å². The average Bonchev–Trinajstić information content (AvgIpc) is 3.28. The molecular formula is C20H16FN3O2S. The summed E-state index contributed by atoms with van der Waals surface area (Å²) in [5.74, 6) is 0.0364. The number of nitrogens with one attached hydrogen (secondary N) is 1. The van der Waals surface area contributed by atoms with Gasteiger partial charge >= 0.3 is 0 Å². The minimum atomic E-state index is -0.348. The lowest BCUT2D eigenvalue weighted by Gasteiger charge is -2.08. The van der Waals surface area contributed by atoms with Gasteiger partial charge < -0.3 is 10.1 Å². The monoisotopic (exact) mass is 381 g/mol. The van der Waals surface area contributed by atoms with Crippen LogP contribution in [0.4, 0.5) is 4.39 Å². The Hall–Kier alpha value is -3.19. The van der Waals surface area contributed by atoms with Crippen molar-refractivity contribution < 1.29 is 13.9 Å². The Kier molecular flexibility index (Phi) is 4.60. The highest BCUT2D eigenvalue weighted by molar-refractivity contribution is 7.15. The van der Waals surface area contributed by atoms with Gasteiger partial charge in [0.05, 0.1) is 12.8 Å². The molecule has 4 aromatic rings. The molecule has 0 aliphatic rings. The number of imidazole rings is 1. The molecule has 27 heavy (non-hydrogen) atoms. The molecule has 0 bridgehead atoms. The summed E-state index contributed by atoms with van der Waals surface area (Å²) in [5.41, 5.74) is 2.28. The highest BCUT2D eigenvalue weighted by Gasteiger charge is 2.21. The van der Waals surface area contributed by atoms with Crippen LogP contribution in [-0.2, 0) is 6.54 Å². The number of thiazole rings is 1. The van der Waals surface area contributed by atoms with Gasteiger partial charge in [0.15, 0.2) is 10.7 Å². The number of halogens is 1. The maximum atomic E-state index is 13.8. The Morgan fingerprint density at radius 2 is 2.00 bits per heavy atom. The molecule has 2 aromatic heterocycles. The molecule has 2 heterocycles. The van der Waals surface area contributed by atoms with Gasteiger partial charge in [-0.1, -0.05) is 18.2 Å². The van der Waals surface area contributed by atoms with Crippen LogP contribution in [0.2, 0.25) is 0 Å². The summed E-state index contributed by atoms with van der Waals surface area (Å²) in [6.07, 6.45) is 1.88. The Morgan fingerprint density at radius 1 is 1.22 bits per heavy atom. The third kappa shape index (κ3) is 3.29. The first-order chi connectivity index (χ1) is 13.2. The summed E-state index contributed by atoms with van der Waals surface area (Å²) in [6.45, 7) is 0.0960. The lowest BCUT2D eigenvalue weighted by Crippen LogP contribution is -2.24. The van der Waals surface area contributed by atoms with E-state index in [9.17, 15) is 9.18 Å². The molecule has 4 rings (SSSR count). The van der Waals surface area contributed by atoms with E-state index in [1.165, 1.54) is 17.4 Å². The fourth-order valence-corrected chi connectivity index (χ4v) is 3.58. The zero-order chi connectivity index (χ0) is 18.8. The SMILES string of the molecule is COc1ccc(-c2c(C(=O)NCc3ccccc3F)nc3sccn23)cc1. The topological polar surface area (TPSA) is 55.6 Å². The van der Waals surface area contributed by atoms with Gasteiger partial charge in [0.25, 0.3) is 5.91 Å². The van der Waals surface area contributed by atoms with Crippen LogP contribution in [0.15, 0.2) is 60.1 Å². The smallest absolute Gasteiger partial charge is 0.272 e. The van der Waals surface area contributed by atoms with Crippen molar-refractivity contribution in [2.45, 2.75) is 6.54 Å². The fraction of sp³-hybridized carbons (Fsp3) is 0.100. The molecule has 0 aliphatic carbocycles. The Balaban J connectivity index is 1.67. The van der Waals surface area contributed by atoms with E-state index < -0.39 is 0 Å². The van der Waals surface area contributed by atoms with E-state index in [-0.39, 0.29) is 18.3 Å². The van der Waals surface area contributed by atoms with Crippen LogP contribution in [0.1, 0.15) is 16.1 Å². The number of carbonyl (C=O) groups is 1. The second-order valence-electron chi connectivity index (χ2n) is 5.87. The van der Waals surface area contributed by atoms with Gasteiger partial charge in [0, 0.05) is 29.2 Å². The Bertz CT molecular complexity index is 1100. The van der Waals surface area contributed by atoms with Crippen LogP contribution < -0.4 is 10.1 Å². The highest BCUT2D eigenvalue weighted by Crippen LogP contribution is 2.29. The van der Waals surface area contributed by atoms with E-state index >= 15 is 0 Å². The summed E-state index contributed by atoms with van der Waals surface area (Å²) < 4.78 is 20.9. The number of aromatic nitrogens is 2. The van der Waals surface area contributed by atoms with Gasteiger partial charge in [-0.3, -0.25) is 9.20 Å². The summed E-state index contributed by atoms with van der Waals surface area (Å²) in [4.78, 5) is 18.0. The number of benzene rings is 2. The number of hydrogen-bond acceptors (Lipinski definition) is 4. The Morgan fingerprint density at radius 3 is 2.74 bits per heavy atom. The van der Waals surface area contributed by atoms with Crippen molar-refractivity contribution in [3.8, 4) is 17.0 Å². The van der Waals surface area contributed by atoms with Gasteiger partial charge in [-0.15, -0.1) is 11.3 Å². The van der Waals surface area contributed by atoms with Gasteiger partial charge in [-0.25, -0.2) is 9.37 Å². The molecule has 5 nitrogen and oxygen atoms in total. The second kappa shape index (κ2) is 7.20. The molecule has 136 valence electrons. The lowest BCUT2D eigenvalue weighted by molar-refractivity contribution is 0.0947. The molecule has 7 heteroatoms. The van der Waals surface area contributed by atoms with E-state index in [0.717, 1.165) is 16.3 Å². The molecule has 0 saturated carbocycles. The standard InChI is InChI=1S/C20H16FN3O2S/c1-26-15-8-6-13(7-9-15)18-17(23-20-24(18)10-11-27-20)19(25)22-12-14-4-2-3-5-16(14)21/h2-11H,12H2,1H3,(H,22,25). The number of ether oxygens (including phenoxy) is 1. The van der Waals surface area contributed by atoms with E-state index in [0.29, 0.717) is 17.0 Å². The molecular weight excluding hydrogens is 365 g/mol. The van der Waals surface area contributed by atoms with Crippen LogP contribution in [0.25, 0.3) is 16.2 Å². The van der Waals surface area contributed by atoms with Gasteiger partial charge in [0.2, 0.25) is 0 Å². The number of methoxy groups -OCH3 is 1. The summed E-state index contributed by atoms with van der Waals surface area (Å²) in [6, 6.07) is 13.8. The number of nitrogens with zero attached hydrogens (tertiary/aromatic N) is 2. The summed E-state index contributed by atoms with van der Waals surface area (Å²) >= 11 is 1.45. The summed E-state index contributed by atoms with van der Waals surface area (Å²) in [5, 5.41) is 4.68. The van der Waals surface area contributed by atoms with Crippen LogP contribution in [0, 0.1) is 5.82 Å². The minimum absolute atomic E-state index is 0.0960. The van der Waals surface area contributed by atoms with Gasteiger partial charge in [-0.2, -0.15) is 0 Å². The van der Waals surface area contributed by atoms with E-state index in [2.05, 4.69) is 10.3 Å². The molecule has 0 spiro atoms. The minimum Gasteiger partial charge on any atom is -0.497 e. The molecule has 0 unspecified atom stereocenters. The molecule has 1 N–H and O–H groups in total. The van der Waals surface area contributed by atoms with Crippen molar-refractivity contribution >= 4 is 22.2 Å². The number of hydrogen-bond donors (Lipinski definition) is 1. The molecule has 0 atom stereocenters. The molecule has 0 aliphatic heterocycles. The quantitative estimate of drug-likeness (QED) is 0.565. The van der Waals surface area contributed by atoms with Crippen LogP contribution >= 0.6 is 11.3 Å². The fourth-order valence-electron chi connectivity index (χ4n) is 2.87. The zero-order valence-corrected chi connectivity index (χ0v) is 15.3. The maximum absolute atomic E-state index is 13.8. The van der Waals surface area contributed by atoms with Crippen LogP contribution in [0.3, 0.4) is 0 Å². The largest absolute Gasteiger partial charge is 0.497 e. The first-order valence-corrected chi connectivity index (χ1v) is 9.17. The van der Waals surface area contributed by atoms with Crippen molar-refractivity contribution in [1.82, 2.24) is 14.7 Å². The summed E-state index contributed by atoms with van der Waals surface area (Å²) in [7, 11) is 1.60. The number of rotatable bonds is 5.